The Morgan fingerprint density at radius 2 is 2.00 bits per heavy atom. The van der Waals surface area contributed by atoms with Crippen molar-refractivity contribution in [3.8, 4) is 0 Å². The van der Waals surface area contributed by atoms with Crippen LogP contribution in [0.2, 0.25) is 0 Å². The number of ether oxygens (including phenoxy) is 1. The summed E-state index contributed by atoms with van der Waals surface area (Å²) in [5.41, 5.74) is 2.91. The molecule has 150 valence electrons. The number of aromatic amines is 1. The highest BCUT2D eigenvalue weighted by atomic mass is 127. The molecule has 3 N–H and O–H groups in total. The van der Waals surface area contributed by atoms with E-state index in [1.54, 1.807) is 7.11 Å². The fraction of sp³-hybridized carbons (Fsp3) is 0.571. The van der Waals surface area contributed by atoms with E-state index in [1.807, 2.05) is 7.05 Å². The molecular weight excluding hydrogens is 451 g/mol. The number of nitrogens with one attached hydrogen (secondary N) is 3. The lowest BCUT2D eigenvalue weighted by Gasteiger charge is -2.30. The molecule has 1 aliphatic carbocycles. The molecule has 3 rings (SSSR count). The van der Waals surface area contributed by atoms with Gasteiger partial charge in [0.25, 0.3) is 0 Å². The van der Waals surface area contributed by atoms with E-state index in [4.69, 9.17) is 4.74 Å². The highest BCUT2D eigenvalue weighted by molar-refractivity contribution is 14.0. The second kappa shape index (κ2) is 10.9. The van der Waals surface area contributed by atoms with Crippen molar-refractivity contribution in [2.45, 2.75) is 38.5 Å². The van der Waals surface area contributed by atoms with E-state index in [0.29, 0.717) is 5.41 Å². The molecule has 1 saturated carbocycles. The third-order valence-corrected chi connectivity index (χ3v) is 5.72. The van der Waals surface area contributed by atoms with Crippen molar-refractivity contribution in [1.29, 1.82) is 0 Å². The van der Waals surface area contributed by atoms with E-state index >= 15 is 0 Å². The first-order chi connectivity index (χ1) is 12.8. The van der Waals surface area contributed by atoms with Crippen LogP contribution in [0.15, 0.2) is 35.5 Å². The number of benzene rings is 1. The molecule has 0 saturated heterocycles. The van der Waals surface area contributed by atoms with Crippen molar-refractivity contribution in [2.75, 3.05) is 33.9 Å². The number of fused-ring (bicyclic) bond motifs is 1. The van der Waals surface area contributed by atoms with E-state index < -0.39 is 0 Å². The molecule has 0 radical (unpaired) electrons. The highest BCUT2D eigenvalue weighted by Crippen LogP contribution is 2.40. The minimum atomic E-state index is 0. The minimum Gasteiger partial charge on any atom is -0.385 e. The van der Waals surface area contributed by atoms with Crippen molar-refractivity contribution in [3.63, 3.8) is 0 Å². The van der Waals surface area contributed by atoms with E-state index in [0.717, 1.165) is 38.5 Å². The zero-order valence-corrected chi connectivity index (χ0v) is 18.8. The van der Waals surface area contributed by atoms with Crippen LogP contribution >= 0.6 is 24.0 Å². The van der Waals surface area contributed by atoms with E-state index in [-0.39, 0.29) is 24.0 Å². The summed E-state index contributed by atoms with van der Waals surface area (Å²) in [6.45, 7) is 2.68. The molecule has 27 heavy (non-hydrogen) atoms. The van der Waals surface area contributed by atoms with E-state index in [1.165, 1.54) is 42.1 Å². The third-order valence-electron chi connectivity index (χ3n) is 5.72. The summed E-state index contributed by atoms with van der Waals surface area (Å²) in [6, 6.07) is 8.45. The fourth-order valence-corrected chi connectivity index (χ4v) is 4.10. The normalized spacial score (nSPS) is 16.3. The largest absolute Gasteiger partial charge is 0.385 e. The predicted octanol–water partition coefficient (Wildman–Crippen LogP) is 4.09. The molecule has 1 aliphatic rings. The molecule has 0 amide bonds. The molecule has 0 unspecified atom stereocenters. The molecule has 1 heterocycles. The average molecular weight is 484 g/mol. The lowest BCUT2D eigenvalue weighted by atomic mass is 9.83. The minimum absolute atomic E-state index is 0. The van der Waals surface area contributed by atoms with Gasteiger partial charge < -0.3 is 20.4 Å². The van der Waals surface area contributed by atoms with Crippen molar-refractivity contribution >= 4 is 40.8 Å². The molecule has 0 aliphatic heterocycles. The lowest BCUT2D eigenvalue weighted by Crippen LogP contribution is -2.43. The topological polar surface area (TPSA) is 61.4 Å². The SMILES string of the molecule is CN=C(NCCc1c[nH]c2ccccc12)NCC1(CCOC)CCCC1.I. The molecule has 6 heteroatoms. The number of guanidine groups is 1. The van der Waals surface area contributed by atoms with Crippen LogP contribution < -0.4 is 10.6 Å². The lowest BCUT2D eigenvalue weighted by molar-refractivity contribution is 0.138. The van der Waals surface area contributed by atoms with Gasteiger partial charge in [0.2, 0.25) is 0 Å². The highest BCUT2D eigenvalue weighted by Gasteiger charge is 2.33. The maximum atomic E-state index is 5.33. The Bertz CT molecular complexity index is 722. The Kier molecular flexibility index (Phi) is 8.89. The third kappa shape index (κ3) is 5.85. The number of methoxy groups -OCH3 is 1. The zero-order valence-electron chi connectivity index (χ0n) is 16.5. The van der Waals surface area contributed by atoms with Crippen molar-refractivity contribution in [3.05, 3.63) is 36.0 Å². The van der Waals surface area contributed by atoms with Crippen LogP contribution in [0.1, 0.15) is 37.7 Å². The Morgan fingerprint density at radius 3 is 2.74 bits per heavy atom. The summed E-state index contributed by atoms with van der Waals surface area (Å²) in [5.74, 6) is 0.897. The summed E-state index contributed by atoms with van der Waals surface area (Å²) in [4.78, 5) is 7.74. The maximum Gasteiger partial charge on any atom is 0.191 e. The molecular formula is C21H33IN4O. The van der Waals surface area contributed by atoms with E-state index in [2.05, 4.69) is 51.1 Å². The first-order valence-corrected chi connectivity index (χ1v) is 9.75. The van der Waals surface area contributed by atoms with Gasteiger partial charge in [-0.25, -0.2) is 0 Å². The summed E-state index contributed by atoms with van der Waals surface area (Å²) in [6.07, 6.45) is 9.45. The molecule has 2 aromatic rings. The van der Waals surface area contributed by atoms with Crippen LogP contribution in [0.3, 0.4) is 0 Å². The van der Waals surface area contributed by atoms with Gasteiger partial charge in [-0.3, -0.25) is 4.99 Å². The van der Waals surface area contributed by atoms with Crippen LogP contribution in [0.5, 0.6) is 0 Å². The second-order valence-electron chi connectivity index (χ2n) is 7.41. The van der Waals surface area contributed by atoms with Gasteiger partial charge in [-0.15, -0.1) is 24.0 Å². The number of H-pyrrole nitrogens is 1. The predicted molar refractivity (Wildman–Crippen MR) is 124 cm³/mol. The first-order valence-electron chi connectivity index (χ1n) is 9.75. The quantitative estimate of drug-likeness (QED) is 0.301. The first kappa shape index (κ1) is 22.0. The Balaban J connectivity index is 0.00000261. The van der Waals surface area contributed by atoms with Crippen LogP contribution in [0, 0.1) is 5.41 Å². The van der Waals surface area contributed by atoms with Crippen LogP contribution in [0.25, 0.3) is 10.9 Å². The summed E-state index contributed by atoms with van der Waals surface area (Å²) >= 11 is 0. The smallest absolute Gasteiger partial charge is 0.191 e. The average Bonchev–Trinajstić information content (AvgIpc) is 3.31. The summed E-state index contributed by atoms with van der Waals surface area (Å²) in [5, 5.41) is 8.32. The molecule has 5 nitrogen and oxygen atoms in total. The fourth-order valence-electron chi connectivity index (χ4n) is 4.10. The van der Waals surface area contributed by atoms with Crippen molar-refractivity contribution in [1.82, 2.24) is 15.6 Å². The molecule has 1 fully saturated rings. The Labute approximate surface area is 179 Å². The molecule has 0 bridgehead atoms. The van der Waals surface area contributed by atoms with Gasteiger partial charge in [0.05, 0.1) is 0 Å². The van der Waals surface area contributed by atoms with Crippen LogP contribution in [-0.2, 0) is 11.2 Å². The molecule has 0 spiro atoms. The van der Waals surface area contributed by atoms with E-state index in [9.17, 15) is 0 Å². The van der Waals surface area contributed by atoms with Gasteiger partial charge in [0.15, 0.2) is 5.96 Å². The monoisotopic (exact) mass is 484 g/mol. The summed E-state index contributed by atoms with van der Waals surface area (Å²) < 4.78 is 5.33. The van der Waals surface area contributed by atoms with Crippen molar-refractivity contribution < 1.29 is 4.74 Å². The van der Waals surface area contributed by atoms with Crippen LogP contribution in [-0.4, -0.2) is 44.8 Å². The molecule has 1 aromatic heterocycles. The van der Waals surface area contributed by atoms with Gasteiger partial charge in [0.1, 0.15) is 0 Å². The molecule has 1 aromatic carbocycles. The van der Waals surface area contributed by atoms with Gasteiger partial charge in [-0.1, -0.05) is 31.0 Å². The van der Waals surface area contributed by atoms with Gasteiger partial charge in [0, 0.05) is 51.0 Å². The number of para-hydroxylation sites is 1. The number of halogens is 1. The number of aromatic nitrogens is 1. The van der Waals surface area contributed by atoms with Crippen molar-refractivity contribution in [2.24, 2.45) is 10.4 Å². The second-order valence-corrected chi connectivity index (χ2v) is 7.41. The molecule has 0 atom stereocenters. The number of hydrogen-bond donors (Lipinski definition) is 3. The summed E-state index contributed by atoms with van der Waals surface area (Å²) in [7, 11) is 3.64. The number of rotatable bonds is 8. The Morgan fingerprint density at radius 1 is 1.22 bits per heavy atom. The van der Waals surface area contributed by atoms with Gasteiger partial charge >= 0.3 is 0 Å². The standard InChI is InChI=1S/C21H32N4O.HI/c1-22-20(25-16-21(12-14-26-2)10-5-6-11-21)23-13-9-17-15-24-19-8-4-3-7-18(17)19;/h3-4,7-8,15,24H,5-6,9-14,16H2,1-2H3,(H2,22,23,25);1H. The maximum absolute atomic E-state index is 5.33. The zero-order chi connectivity index (χ0) is 18.2. The van der Waals surface area contributed by atoms with Crippen LogP contribution in [0.4, 0.5) is 0 Å². The number of hydrogen-bond acceptors (Lipinski definition) is 2. The van der Waals surface area contributed by atoms with Gasteiger partial charge in [-0.2, -0.15) is 0 Å². The van der Waals surface area contributed by atoms with Gasteiger partial charge in [-0.05, 0) is 42.7 Å². The number of aliphatic imine (C=N–C) groups is 1. The number of nitrogens with zero attached hydrogens (tertiary/aromatic N) is 1. The Hall–Kier alpha value is -1.28.